The molecule has 0 saturated carbocycles. The van der Waals surface area contributed by atoms with E-state index in [-0.39, 0.29) is 6.61 Å². The summed E-state index contributed by atoms with van der Waals surface area (Å²) in [5, 5.41) is 8.64. The first-order chi connectivity index (χ1) is 9.29. The minimum Gasteiger partial charge on any atom is -0.394 e. The van der Waals surface area contributed by atoms with Gasteiger partial charge in [-0.2, -0.15) is 0 Å². The first-order valence-electron chi connectivity index (χ1n) is 6.71. The van der Waals surface area contributed by atoms with Crippen LogP contribution in [0.1, 0.15) is 0 Å². The van der Waals surface area contributed by atoms with E-state index < -0.39 is 0 Å². The van der Waals surface area contributed by atoms with Gasteiger partial charge in [0.2, 0.25) is 0 Å². The summed E-state index contributed by atoms with van der Waals surface area (Å²) in [7, 11) is 0. The molecule has 1 aliphatic heterocycles. The molecule has 4 nitrogen and oxygen atoms in total. The maximum absolute atomic E-state index is 8.64. The summed E-state index contributed by atoms with van der Waals surface area (Å²) in [5.74, 6) is 0. The molecular formula is C14H21BrN2O2. The van der Waals surface area contributed by atoms with Crippen molar-refractivity contribution >= 4 is 21.6 Å². The second kappa shape index (κ2) is 7.85. The predicted molar refractivity (Wildman–Crippen MR) is 80.7 cm³/mol. The number of hydrogen-bond donors (Lipinski definition) is 1. The Morgan fingerprint density at radius 1 is 1.16 bits per heavy atom. The Morgan fingerprint density at radius 3 is 2.63 bits per heavy atom. The van der Waals surface area contributed by atoms with Gasteiger partial charge in [-0.25, -0.2) is 0 Å². The molecule has 5 heteroatoms. The molecule has 0 atom stereocenters. The second-order valence-corrected chi connectivity index (χ2v) is 5.56. The van der Waals surface area contributed by atoms with Gasteiger partial charge in [-0.1, -0.05) is 22.0 Å². The molecule has 19 heavy (non-hydrogen) atoms. The van der Waals surface area contributed by atoms with Gasteiger partial charge in [-0.05, 0) is 18.2 Å². The zero-order valence-corrected chi connectivity index (χ0v) is 12.7. The Morgan fingerprint density at radius 2 is 1.95 bits per heavy atom. The van der Waals surface area contributed by atoms with Gasteiger partial charge in [0.1, 0.15) is 0 Å². The first kappa shape index (κ1) is 14.8. The van der Waals surface area contributed by atoms with Crippen molar-refractivity contribution in [2.24, 2.45) is 0 Å². The van der Waals surface area contributed by atoms with Crippen LogP contribution in [0.5, 0.6) is 0 Å². The van der Waals surface area contributed by atoms with E-state index in [0.29, 0.717) is 13.2 Å². The average molecular weight is 329 g/mol. The minimum atomic E-state index is 0.108. The normalized spacial score (nSPS) is 16.8. The summed E-state index contributed by atoms with van der Waals surface area (Å²) < 4.78 is 6.43. The topological polar surface area (TPSA) is 35.9 Å². The highest BCUT2D eigenvalue weighted by molar-refractivity contribution is 9.10. The lowest BCUT2D eigenvalue weighted by atomic mass is 10.2. The number of ether oxygens (including phenoxy) is 1. The highest BCUT2D eigenvalue weighted by Gasteiger charge is 2.16. The largest absolute Gasteiger partial charge is 0.394 e. The number of nitrogens with zero attached hydrogens (tertiary/aromatic N) is 2. The minimum absolute atomic E-state index is 0.108. The van der Waals surface area contributed by atoms with Crippen molar-refractivity contribution in [3.63, 3.8) is 0 Å². The molecule has 0 bridgehead atoms. The van der Waals surface area contributed by atoms with Crippen molar-refractivity contribution in [3.8, 4) is 0 Å². The lowest BCUT2D eigenvalue weighted by Crippen LogP contribution is -2.47. The van der Waals surface area contributed by atoms with Crippen molar-refractivity contribution in [2.45, 2.75) is 0 Å². The van der Waals surface area contributed by atoms with E-state index in [2.05, 4.69) is 50.0 Å². The van der Waals surface area contributed by atoms with Crippen LogP contribution in [0.4, 0.5) is 5.69 Å². The molecule has 0 amide bonds. The van der Waals surface area contributed by atoms with E-state index in [4.69, 9.17) is 9.84 Å². The summed E-state index contributed by atoms with van der Waals surface area (Å²) in [6, 6.07) is 8.46. The summed E-state index contributed by atoms with van der Waals surface area (Å²) in [5.41, 5.74) is 1.28. The third kappa shape index (κ3) is 4.76. The number of benzene rings is 1. The lowest BCUT2D eigenvalue weighted by molar-refractivity contribution is 0.0724. The molecule has 1 aliphatic rings. The Hall–Kier alpha value is -0.620. The van der Waals surface area contributed by atoms with Crippen LogP contribution >= 0.6 is 15.9 Å². The Kier molecular flexibility index (Phi) is 6.10. The smallest absolute Gasteiger partial charge is 0.0698 e. The first-order valence-corrected chi connectivity index (χ1v) is 7.50. The van der Waals surface area contributed by atoms with Gasteiger partial charge >= 0.3 is 0 Å². The summed E-state index contributed by atoms with van der Waals surface area (Å²) in [6.07, 6.45) is 0. The fourth-order valence-corrected chi connectivity index (χ4v) is 2.65. The zero-order chi connectivity index (χ0) is 13.5. The van der Waals surface area contributed by atoms with E-state index in [1.807, 2.05) is 0 Å². The number of anilines is 1. The monoisotopic (exact) mass is 328 g/mol. The van der Waals surface area contributed by atoms with Gasteiger partial charge in [0, 0.05) is 42.9 Å². The van der Waals surface area contributed by atoms with Gasteiger partial charge in [-0.15, -0.1) is 0 Å². The van der Waals surface area contributed by atoms with Crippen LogP contribution in [0, 0.1) is 0 Å². The lowest BCUT2D eigenvalue weighted by Gasteiger charge is -2.36. The molecule has 1 fully saturated rings. The molecule has 0 radical (unpaired) electrons. The standard InChI is InChI=1S/C14H21BrN2O2/c15-13-2-1-3-14(12-13)17-6-4-16(5-7-17)8-10-19-11-9-18/h1-3,12,18H,4-11H2. The quantitative estimate of drug-likeness (QED) is 0.804. The number of halogens is 1. The fraction of sp³-hybridized carbons (Fsp3) is 0.571. The van der Waals surface area contributed by atoms with Crippen molar-refractivity contribution in [1.82, 2.24) is 4.90 Å². The molecule has 1 aromatic carbocycles. The van der Waals surface area contributed by atoms with Gasteiger partial charge in [0.25, 0.3) is 0 Å². The highest BCUT2D eigenvalue weighted by Crippen LogP contribution is 2.20. The maximum atomic E-state index is 8.64. The molecular weight excluding hydrogens is 308 g/mol. The predicted octanol–water partition coefficient (Wildman–Crippen LogP) is 1.58. The van der Waals surface area contributed by atoms with Crippen molar-refractivity contribution < 1.29 is 9.84 Å². The SMILES string of the molecule is OCCOCCN1CCN(c2cccc(Br)c2)CC1. The van der Waals surface area contributed by atoms with E-state index >= 15 is 0 Å². The number of aliphatic hydroxyl groups is 1. The molecule has 1 heterocycles. The molecule has 0 unspecified atom stereocenters. The maximum Gasteiger partial charge on any atom is 0.0698 e. The number of piperazine rings is 1. The van der Waals surface area contributed by atoms with Crippen LogP contribution in [-0.4, -0.2) is 62.6 Å². The molecule has 106 valence electrons. The third-order valence-corrected chi connectivity index (χ3v) is 3.83. The molecule has 1 N–H and O–H groups in total. The van der Waals surface area contributed by atoms with Gasteiger partial charge in [0.05, 0.1) is 19.8 Å². The van der Waals surface area contributed by atoms with Gasteiger partial charge in [-0.3, -0.25) is 4.90 Å². The van der Waals surface area contributed by atoms with Crippen molar-refractivity contribution in [3.05, 3.63) is 28.7 Å². The third-order valence-electron chi connectivity index (χ3n) is 3.33. The Bertz CT molecular complexity index is 381. The fourth-order valence-electron chi connectivity index (χ4n) is 2.26. The average Bonchev–Trinajstić information content (AvgIpc) is 2.44. The van der Waals surface area contributed by atoms with Crippen LogP contribution < -0.4 is 4.90 Å². The second-order valence-electron chi connectivity index (χ2n) is 4.64. The molecule has 0 spiro atoms. The van der Waals surface area contributed by atoms with Crippen LogP contribution in [0.3, 0.4) is 0 Å². The summed E-state index contributed by atoms with van der Waals surface area (Å²) in [4.78, 5) is 4.82. The van der Waals surface area contributed by atoms with Gasteiger partial charge < -0.3 is 14.7 Å². The highest BCUT2D eigenvalue weighted by atomic mass is 79.9. The van der Waals surface area contributed by atoms with Crippen molar-refractivity contribution in [2.75, 3.05) is 57.4 Å². The number of rotatable bonds is 6. The van der Waals surface area contributed by atoms with Gasteiger partial charge in [0.15, 0.2) is 0 Å². The number of hydrogen-bond acceptors (Lipinski definition) is 4. The molecule has 0 aromatic heterocycles. The van der Waals surface area contributed by atoms with E-state index in [9.17, 15) is 0 Å². The molecule has 1 aromatic rings. The number of aliphatic hydroxyl groups excluding tert-OH is 1. The van der Waals surface area contributed by atoms with Crippen LogP contribution in [0.2, 0.25) is 0 Å². The summed E-state index contributed by atoms with van der Waals surface area (Å²) >= 11 is 3.52. The molecule has 0 aliphatic carbocycles. The van der Waals surface area contributed by atoms with E-state index in [1.165, 1.54) is 5.69 Å². The van der Waals surface area contributed by atoms with Crippen LogP contribution in [0.25, 0.3) is 0 Å². The Balaban J connectivity index is 1.73. The van der Waals surface area contributed by atoms with E-state index in [1.54, 1.807) is 0 Å². The Labute approximate surface area is 123 Å². The zero-order valence-electron chi connectivity index (χ0n) is 11.1. The van der Waals surface area contributed by atoms with E-state index in [0.717, 1.165) is 37.2 Å². The van der Waals surface area contributed by atoms with Crippen LogP contribution in [-0.2, 0) is 4.74 Å². The molecule has 1 saturated heterocycles. The van der Waals surface area contributed by atoms with Crippen LogP contribution in [0.15, 0.2) is 28.7 Å². The molecule has 2 rings (SSSR count). The van der Waals surface area contributed by atoms with Crippen molar-refractivity contribution in [1.29, 1.82) is 0 Å². The summed E-state index contributed by atoms with van der Waals surface area (Å²) in [6.45, 7) is 6.44.